The molecule has 0 saturated heterocycles. The lowest BCUT2D eigenvalue weighted by molar-refractivity contribution is 0.0952. The van der Waals surface area contributed by atoms with Gasteiger partial charge in [-0.25, -0.2) is 0 Å². The van der Waals surface area contributed by atoms with Crippen LogP contribution in [0, 0.1) is 0 Å². The highest BCUT2D eigenvalue weighted by atomic mass is 79.9. The van der Waals surface area contributed by atoms with Gasteiger partial charge < -0.3 is 15.8 Å². The van der Waals surface area contributed by atoms with Gasteiger partial charge in [0.15, 0.2) is 0 Å². The van der Waals surface area contributed by atoms with Gasteiger partial charge in [-0.1, -0.05) is 15.9 Å². The first kappa shape index (κ1) is 19.2. The number of unbranched alkanes of at least 4 members (excludes halogenated alkanes) is 1. The topological polar surface area (TPSA) is 64.3 Å². The Morgan fingerprint density at radius 3 is 2.65 bits per heavy atom. The molecule has 1 aromatic rings. The number of halogens is 2. The number of hydrogen-bond donors (Lipinski definition) is 2. The van der Waals surface area contributed by atoms with Crippen molar-refractivity contribution >= 4 is 34.2 Å². The van der Waals surface area contributed by atoms with E-state index in [1.165, 1.54) is 0 Å². The number of benzene rings is 1. The molecule has 0 unspecified atom stereocenters. The smallest absolute Gasteiger partial charge is 0.251 e. The molecule has 0 atom stereocenters. The minimum atomic E-state index is -0.0908. The molecule has 0 bridgehead atoms. The number of ether oxygens (including phenoxy) is 1. The normalized spacial score (nSPS) is 10.1. The lowest BCUT2D eigenvalue weighted by Crippen LogP contribution is -2.25. The highest BCUT2D eigenvalue weighted by Gasteiger charge is 2.09. The predicted octanol–water partition coefficient (Wildman–Crippen LogP) is 3.13. The average molecular weight is 366 g/mol. The van der Waals surface area contributed by atoms with E-state index in [9.17, 15) is 4.79 Å². The first-order valence-electron chi connectivity index (χ1n) is 6.48. The van der Waals surface area contributed by atoms with E-state index in [1.807, 2.05) is 19.9 Å². The summed E-state index contributed by atoms with van der Waals surface area (Å²) in [6.07, 6.45) is 1.89. The van der Waals surface area contributed by atoms with Gasteiger partial charge in [0.1, 0.15) is 5.75 Å². The maximum absolute atomic E-state index is 12.0. The number of carbonyl (C=O) groups excluding carboxylic acids is 1. The maximum atomic E-state index is 12.0. The Morgan fingerprint density at radius 1 is 1.35 bits per heavy atom. The molecule has 20 heavy (non-hydrogen) atoms. The molecule has 114 valence electrons. The summed E-state index contributed by atoms with van der Waals surface area (Å²) in [5.41, 5.74) is 6.00. The first-order valence-corrected chi connectivity index (χ1v) is 7.27. The molecular formula is C14H22BrClN2O2. The predicted molar refractivity (Wildman–Crippen MR) is 87.8 cm³/mol. The summed E-state index contributed by atoms with van der Waals surface area (Å²) in [5, 5.41) is 2.87. The van der Waals surface area contributed by atoms with E-state index in [0.717, 1.165) is 17.3 Å². The van der Waals surface area contributed by atoms with Gasteiger partial charge in [0.05, 0.1) is 6.10 Å². The summed E-state index contributed by atoms with van der Waals surface area (Å²) in [5.74, 6) is 0.600. The van der Waals surface area contributed by atoms with E-state index in [1.54, 1.807) is 12.1 Å². The Morgan fingerprint density at radius 2 is 2.05 bits per heavy atom. The van der Waals surface area contributed by atoms with Crippen molar-refractivity contribution in [1.82, 2.24) is 5.32 Å². The number of carbonyl (C=O) groups is 1. The van der Waals surface area contributed by atoms with Gasteiger partial charge in [-0.05, 0) is 51.4 Å². The molecule has 4 nitrogen and oxygen atoms in total. The van der Waals surface area contributed by atoms with Crippen LogP contribution in [0.4, 0.5) is 0 Å². The lowest BCUT2D eigenvalue weighted by atomic mass is 10.2. The van der Waals surface area contributed by atoms with E-state index in [0.29, 0.717) is 24.4 Å². The highest BCUT2D eigenvalue weighted by molar-refractivity contribution is 9.10. The fraction of sp³-hybridized carbons (Fsp3) is 0.500. The molecule has 0 aliphatic carbocycles. The quantitative estimate of drug-likeness (QED) is 0.730. The number of nitrogens with one attached hydrogen (secondary N) is 1. The fourth-order valence-corrected chi connectivity index (χ4v) is 2.08. The molecular weight excluding hydrogens is 344 g/mol. The Labute approximate surface area is 135 Å². The molecule has 0 radical (unpaired) electrons. The van der Waals surface area contributed by atoms with E-state index in [-0.39, 0.29) is 24.4 Å². The van der Waals surface area contributed by atoms with Gasteiger partial charge in [0, 0.05) is 16.6 Å². The van der Waals surface area contributed by atoms with Crippen molar-refractivity contribution in [2.45, 2.75) is 32.8 Å². The molecule has 1 rings (SSSR count). The van der Waals surface area contributed by atoms with Gasteiger partial charge >= 0.3 is 0 Å². The molecule has 0 heterocycles. The second-order valence-corrected chi connectivity index (χ2v) is 5.51. The van der Waals surface area contributed by atoms with Gasteiger partial charge in [-0.3, -0.25) is 4.79 Å². The molecule has 0 fully saturated rings. The van der Waals surface area contributed by atoms with Crippen molar-refractivity contribution in [3.63, 3.8) is 0 Å². The zero-order valence-corrected chi connectivity index (χ0v) is 14.2. The molecule has 1 aromatic carbocycles. The Hall–Kier alpha value is -0.780. The third-order valence-electron chi connectivity index (χ3n) is 2.42. The van der Waals surface area contributed by atoms with E-state index in [2.05, 4.69) is 21.2 Å². The van der Waals surface area contributed by atoms with E-state index < -0.39 is 0 Å². The summed E-state index contributed by atoms with van der Waals surface area (Å²) in [4.78, 5) is 12.0. The molecule has 0 spiro atoms. The molecule has 6 heteroatoms. The number of nitrogens with two attached hydrogens (primary N) is 1. The second kappa shape index (κ2) is 10.0. The molecule has 0 aliphatic rings. The molecule has 0 saturated carbocycles. The number of rotatable bonds is 7. The Bertz CT molecular complexity index is 428. The van der Waals surface area contributed by atoms with Crippen LogP contribution in [-0.2, 0) is 0 Å². The van der Waals surface area contributed by atoms with Crippen LogP contribution < -0.4 is 15.8 Å². The zero-order valence-electron chi connectivity index (χ0n) is 11.8. The summed E-state index contributed by atoms with van der Waals surface area (Å²) in [6, 6.07) is 5.39. The summed E-state index contributed by atoms with van der Waals surface area (Å²) < 4.78 is 6.43. The molecule has 1 amide bonds. The Balaban J connectivity index is 0.00000361. The van der Waals surface area contributed by atoms with Gasteiger partial charge in [-0.15, -0.1) is 12.4 Å². The van der Waals surface area contributed by atoms with Crippen LogP contribution in [0.3, 0.4) is 0 Å². The van der Waals surface area contributed by atoms with Gasteiger partial charge in [0.25, 0.3) is 5.91 Å². The number of hydrogen-bond acceptors (Lipinski definition) is 3. The fourth-order valence-electron chi connectivity index (χ4n) is 1.61. The van der Waals surface area contributed by atoms with Crippen LogP contribution in [0.5, 0.6) is 5.75 Å². The first-order chi connectivity index (χ1) is 9.02. The lowest BCUT2D eigenvalue weighted by Gasteiger charge is -2.12. The van der Waals surface area contributed by atoms with Crippen LogP contribution in [0.2, 0.25) is 0 Å². The second-order valence-electron chi connectivity index (χ2n) is 4.59. The van der Waals surface area contributed by atoms with Gasteiger partial charge in [0.2, 0.25) is 0 Å². The summed E-state index contributed by atoms with van der Waals surface area (Å²) in [7, 11) is 0. The molecule has 0 aromatic heterocycles. The molecule has 0 aliphatic heterocycles. The van der Waals surface area contributed by atoms with Crippen molar-refractivity contribution in [3.8, 4) is 5.75 Å². The standard InChI is InChI=1S/C14H21BrN2O2.ClH/c1-10(2)19-13-8-11(7-12(15)9-13)14(18)17-6-4-3-5-16;/h7-10H,3-6,16H2,1-2H3,(H,17,18);1H. The largest absolute Gasteiger partial charge is 0.491 e. The summed E-state index contributed by atoms with van der Waals surface area (Å²) >= 11 is 3.39. The van der Waals surface area contributed by atoms with Crippen molar-refractivity contribution in [2.75, 3.05) is 13.1 Å². The van der Waals surface area contributed by atoms with Crippen molar-refractivity contribution in [2.24, 2.45) is 5.73 Å². The monoisotopic (exact) mass is 364 g/mol. The van der Waals surface area contributed by atoms with E-state index in [4.69, 9.17) is 10.5 Å². The summed E-state index contributed by atoms with van der Waals surface area (Å²) in [6.45, 7) is 5.20. The number of amides is 1. The SMILES string of the molecule is CC(C)Oc1cc(Br)cc(C(=O)NCCCCN)c1.Cl. The van der Waals surface area contributed by atoms with E-state index >= 15 is 0 Å². The maximum Gasteiger partial charge on any atom is 0.251 e. The van der Waals surface area contributed by atoms with Gasteiger partial charge in [-0.2, -0.15) is 0 Å². The third kappa shape index (κ3) is 7.12. The van der Waals surface area contributed by atoms with Crippen LogP contribution in [0.25, 0.3) is 0 Å². The zero-order chi connectivity index (χ0) is 14.3. The van der Waals surface area contributed by atoms with Crippen LogP contribution in [0.15, 0.2) is 22.7 Å². The Kier molecular flexibility index (Phi) is 9.63. The highest BCUT2D eigenvalue weighted by Crippen LogP contribution is 2.22. The minimum absolute atomic E-state index is 0. The minimum Gasteiger partial charge on any atom is -0.491 e. The van der Waals surface area contributed by atoms with Crippen LogP contribution >= 0.6 is 28.3 Å². The molecule has 3 N–H and O–H groups in total. The van der Waals surface area contributed by atoms with Crippen LogP contribution in [0.1, 0.15) is 37.0 Å². The van der Waals surface area contributed by atoms with Crippen LogP contribution in [-0.4, -0.2) is 25.1 Å². The van der Waals surface area contributed by atoms with Crippen molar-refractivity contribution in [1.29, 1.82) is 0 Å². The third-order valence-corrected chi connectivity index (χ3v) is 2.88. The van der Waals surface area contributed by atoms with Crippen molar-refractivity contribution < 1.29 is 9.53 Å². The van der Waals surface area contributed by atoms with Crippen molar-refractivity contribution in [3.05, 3.63) is 28.2 Å². The average Bonchev–Trinajstić information content (AvgIpc) is 2.32.